The van der Waals surface area contributed by atoms with Crippen molar-refractivity contribution in [2.75, 3.05) is 12.4 Å². The van der Waals surface area contributed by atoms with Crippen LogP contribution in [0.4, 0.5) is 11.5 Å². The van der Waals surface area contributed by atoms with Gasteiger partial charge in [0.2, 0.25) is 5.75 Å². The van der Waals surface area contributed by atoms with E-state index in [9.17, 15) is 0 Å². The number of halogens is 1. The Kier molecular flexibility index (Phi) is 4.25. The van der Waals surface area contributed by atoms with Crippen molar-refractivity contribution < 1.29 is 9.57 Å². The van der Waals surface area contributed by atoms with Gasteiger partial charge in [0.1, 0.15) is 6.33 Å². The van der Waals surface area contributed by atoms with Gasteiger partial charge in [0, 0.05) is 5.56 Å². The molecule has 0 aliphatic carbocycles. The third kappa shape index (κ3) is 2.74. The van der Waals surface area contributed by atoms with Gasteiger partial charge in [-0.3, -0.25) is 0 Å². The zero-order chi connectivity index (χ0) is 14.5. The van der Waals surface area contributed by atoms with Crippen LogP contribution in [0.5, 0.6) is 11.6 Å². The van der Waals surface area contributed by atoms with Gasteiger partial charge in [0.25, 0.3) is 5.88 Å². The monoisotopic (exact) mass is 290 g/mol. The first-order valence-electron chi connectivity index (χ1n) is 5.48. The second kappa shape index (κ2) is 6.10. The Balaban J connectivity index is 2.38. The van der Waals surface area contributed by atoms with Gasteiger partial charge in [-0.1, -0.05) is 17.5 Å². The molecule has 2 rings (SSSR count). The Hall–Kier alpha value is -2.49. The van der Waals surface area contributed by atoms with Gasteiger partial charge >= 0.3 is 0 Å². The summed E-state index contributed by atoms with van der Waals surface area (Å²) in [5.74, 6) is 8.37. The zero-order valence-electron chi connectivity index (χ0n) is 10.6. The molecule has 102 valence electrons. The van der Waals surface area contributed by atoms with Gasteiger partial charge in [-0.2, -0.15) is 10.9 Å². The van der Waals surface area contributed by atoms with Crippen molar-refractivity contribution in [3.63, 3.8) is 0 Å². The molecule has 2 aromatic rings. The molecule has 20 heavy (non-hydrogen) atoms. The lowest BCUT2D eigenvalue weighted by atomic mass is 10.2. The van der Waals surface area contributed by atoms with E-state index >= 15 is 0 Å². The van der Waals surface area contributed by atoms with E-state index in [4.69, 9.17) is 28.7 Å². The molecule has 0 spiro atoms. The lowest BCUT2D eigenvalue weighted by Gasteiger charge is -2.12. The molecule has 0 unspecified atom stereocenters. The Morgan fingerprint density at radius 2 is 2.20 bits per heavy atom. The summed E-state index contributed by atoms with van der Waals surface area (Å²) >= 11 is 6.13. The molecular formula is C13H11ClN4O2. The smallest absolute Gasteiger partial charge is 0.285 e. The van der Waals surface area contributed by atoms with E-state index in [2.05, 4.69) is 26.0 Å². The number of aromatic nitrogens is 2. The van der Waals surface area contributed by atoms with E-state index < -0.39 is 0 Å². The second-order valence-corrected chi connectivity index (χ2v) is 4.05. The van der Waals surface area contributed by atoms with Crippen molar-refractivity contribution in [3.05, 3.63) is 35.1 Å². The molecule has 0 bridgehead atoms. The lowest BCUT2D eigenvalue weighted by molar-refractivity contribution is 0.292. The van der Waals surface area contributed by atoms with Crippen LogP contribution >= 0.6 is 11.6 Å². The molecule has 1 heterocycles. The molecule has 0 radical (unpaired) electrons. The molecule has 0 saturated carbocycles. The summed E-state index contributed by atoms with van der Waals surface area (Å²) in [6.07, 6.45) is 6.59. The molecule has 6 nitrogen and oxygen atoms in total. The maximum Gasteiger partial charge on any atom is 0.285 e. The summed E-state index contributed by atoms with van der Waals surface area (Å²) in [6, 6.07) is 5.15. The molecule has 0 saturated heterocycles. The van der Waals surface area contributed by atoms with Crippen LogP contribution in [-0.4, -0.2) is 17.1 Å². The summed E-state index contributed by atoms with van der Waals surface area (Å²) in [4.78, 5) is 12.5. The highest BCUT2D eigenvalue weighted by Gasteiger charge is 2.14. The van der Waals surface area contributed by atoms with Crippen molar-refractivity contribution >= 4 is 23.1 Å². The van der Waals surface area contributed by atoms with Gasteiger partial charge in [0.15, 0.2) is 5.82 Å². The highest BCUT2D eigenvalue weighted by molar-refractivity contribution is 6.33. The van der Waals surface area contributed by atoms with Crippen molar-refractivity contribution in [1.29, 1.82) is 0 Å². The van der Waals surface area contributed by atoms with Crippen LogP contribution in [0.3, 0.4) is 0 Å². The number of ether oxygens (including phenoxy) is 1. The summed E-state index contributed by atoms with van der Waals surface area (Å²) in [7, 11) is 1.45. The van der Waals surface area contributed by atoms with Gasteiger partial charge in [-0.15, -0.1) is 6.42 Å². The van der Waals surface area contributed by atoms with E-state index in [1.54, 1.807) is 18.2 Å². The quantitative estimate of drug-likeness (QED) is 0.663. The molecular weight excluding hydrogens is 280 g/mol. The molecule has 0 amide bonds. The van der Waals surface area contributed by atoms with Crippen LogP contribution < -0.4 is 20.8 Å². The molecule has 0 fully saturated rings. The molecule has 1 aromatic heterocycles. The van der Waals surface area contributed by atoms with E-state index in [1.807, 2.05) is 0 Å². The Bertz CT molecular complexity index is 670. The van der Waals surface area contributed by atoms with Crippen LogP contribution in [-0.2, 0) is 0 Å². The number of nitrogens with zero attached hydrogens (tertiary/aromatic N) is 2. The van der Waals surface area contributed by atoms with Crippen LogP contribution in [0.1, 0.15) is 5.56 Å². The number of hydrogen-bond donors (Lipinski definition) is 2. The SMILES string of the molecule is C#Cc1ccc(Nc2ncnc(ON)c2OC)c(Cl)c1. The highest BCUT2D eigenvalue weighted by atomic mass is 35.5. The van der Waals surface area contributed by atoms with Gasteiger partial charge in [0.05, 0.1) is 17.8 Å². The van der Waals surface area contributed by atoms with E-state index in [0.29, 0.717) is 22.1 Å². The zero-order valence-corrected chi connectivity index (χ0v) is 11.3. The van der Waals surface area contributed by atoms with Crippen LogP contribution in [0, 0.1) is 12.3 Å². The number of nitrogens with two attached hydrogens (primary N) is 1. The summed E-state index contributed by atoms with van der Waals surface area (Å²) in [6.45, 7) is 0. The molecule has 0 atom stereocenters. The summed E-state index contributed by atoms with van der Waals surface area (Å²) in [5, 5.41) is 3.46. The van der Waals surface area contributed by atoms with Crippen molar-refractivity contribution in [1.82, 2.24) is 9.97 Å². The number of terminal acetylenes is 1. The molecule has 1 aromatic carbocycles. The first kappa shape index (κ1) is 13.9. The Morgan fingerprint density at radius 1 is 1.40 bits per heavy atom. The minimum Gasteiger partial charge on any atom is -0.489 e. The van der Waals surface area contributed by atoms with E-state index in [0.717, 1.165) is 0 Å². The number of hydrogen-bond acceptors (Lipinski definition) is 6. The topological polar surface area (TPSA) is 82.3 Å². The van der Waals surface area contributed by atoms with Crippen LogP contribution in [0.15, 0.2) is 24.5 Å². The third-order valence-corrected chi connectivity index (χ3v) is 2.79. The largest absolute Gasteiger partial charge is 0.489 e. The van der Waals surface area contributed by atoms with E-state index in [1.165, 1.54) is 13.4 Å². The minimum absolute atomic E-state index is 0.112. The standard InChI is InChI=1S/C13H11ClN4O2/c1-3-8-4-5-10(9(14)6-8)18-12-11(19-2)13(20-15)17-7-16-12/h1,4-7H,15H2,2H3,(H,16,17,18). The predicted octanol–water partition coefficient (Wildman–Crippen LogP) is 2.12. The van der Waals surface area contributed by atoms with Crippen molar-refractivity contribution in [2.45, 2.75) is 0 Å². The predicted molar refractivity (Wildman–Crippen MR) is 76.1 cm³/mol. The van der Waals surface area contributed by atoms with Crippen LogP contribution in [0.25, 0.3) is 0 Å². The fourth-order valence-electron chi connectivity index (χ4n) is 1.55. The lowest BCUT2D eigenvalue weighted by Crippen LogP contribution is -2.08. The number of methoxy groups -OCH3 is 1. The summed E-state index contributed by atoms with van der Waals surface area (Å²) in [5.41, 5.74) is 1.30. The first-order valence-corrected chi connectivity index (χ1v) is 5.86. The maximum atomic E-state index is 6.13. The minimum atomic E-state index is 0.112. The van der Waals surface area contributed by atoms with Crippen molar-refractivity contribution in [2.24, 2.45) is 5.90 Å². The Morgan fingerprint density at radius 3 is 2.80 bits per heavy atom. The fraction of sp³-hybridized carbons (Fsp3) is 0.0769. The molecule has 0 aliphatic heterocycles. The third-order valence-electron chi connectivity index (χ3n) is 2.48. The van der Waals surface area contributed by atoms with Gasteiger partial charge < -0.3 is 14.9 Å². The fourth-order valence-corrected chi connectivity index (χ4v) is 1.78. The van der Waals surface area contributed by atoms with Crippen molar-refractivity contribution in [3.8, 4) is 24.0 Å². The van der Waals surface area contributed by atoms with Gasteiger partial charge in [-0.05, 0) is 18.2 Å². The molecule has 3 N–H and O–H groups in total. The average molecular weight is 291 g/mol. The molecule has 7 heteroatoms. The number of anilines is 2. The average Bonchev–Trinajstić information content (AvgIpc) is 2.48. The second-order valence-electron chi connectivity index (χ2n) is 3.64. The number of benzene rings is 1. The molecule has 0 aliphatic rings. The normalized spacial score (nSPS) is 9.70. The number of rotatable bonds is 4. The number of nitrogens with one attached hydrogen (secondary N) is 1. The maximum absolute atomic E-state index is 6.13. The van der Waals surface area contributed by atoms with Gasteiger partial charge in [-0.25, -0.2) is 4.98 Å². The summed E-state index contributed by atoms with van der Waals surface area (Å²) < 4.78 is 5.16. The highest BCUT2D eigenvalue weighted by Crippen LogP contribution is 2.34. The van der Waals surface area contributed by atoms with Crippen LogP contribution in [0.2, 0.25) is 5.02 Å². The first-order chi connectivity index (χ1) is 9.69. The Labute approximate surface area is 120 Å². The van der Waals surface area contributed by atoms with E-state index in [-0.39, 0.29) is 11.6 Å².